The number of sulfone groups is 1. The highest BCUT2D eigenvalue weighted by atomic mass is 32.2. The van der Waals surface area contributed by atoms with Crippen LogP contribution in [-0.2, 0) is 19.4 Å². The molecule has 0 saturated heterocycles. The van der Waals surface area contributed by atoms with E-state index in [1.165, 1.54) is 12.1 Å². The smallest absolute Gasteiger partial charge is 0.306 e. The van der Waals surface area contributed by atoms with E-state index in [1.54, 1.807) is 12.1 Å². The zero-order chi connectivity index (χ0) is 15.6. The van der Waals surface area contributed by atoms with Gasteiger partial charge in [-0.15, -0.1) is 0 Å². The molecular weight excluding hydrogens is 294 g/mol. The van der Waals surface area contributed by atoms with Gasteiger partial charge in [0.25, 0.3) is 0 Å². The van der Waals surface area contributed by atoms with E-state index >= 15 is 0 Å². The molecule has 1 aromatic rings. The number of nitrogens with one attached hydrogen (secondary N) is 1. The molecule has 1 aromatic carbocycles. The Labute approximate surface area is 123 Å². The number of para-hydroxylation sites is 1. The van der Waals surface area contributed by atoms with Crippen LogP contribution >= 0.6 is 0 Å². The number of carboxylic acids is 1. The molecule has 0 aromatic heterocycles. The van der Waals surface area contributed by atoms with Gasteiger partial charge in [-0.3, -0.25) is 9.59 Å². The van der Waals surface area contributed by atoms with Crippen molar-refractivity contribution in [3.05, 3.63) is 24.3 Å². The number of carbonyl (C=O) groups is 2. The van der Waals surface area contributed by atoms with Crippen LogP contribution in [0.4, 0.5) is 5.69 Å². The molecule has 1 fully saturated rings. The van der Waals surface area contributed by atoms with Gasteiger partial charge in [0.05, 0.1) is 16.5 Å². The van der Waals surface area contributed by atoms with Gasteiger partial charge >= 0.3 is 5.97 Å². The lowest BCUT2D eigenvalue weighted by atomic mass is 10.0. The van der Waals surface area contributed by atoms with Crippen molar-refractivity contribution >= 4 is 27.4 Å². The van der Waals surface area contributed by atoms with Crippen molar-refractivity contribution in [2.45, 2.75) is 24.2 Å². The van der Waals surface area contributed by atoms with Gasteiger partial charge in [0, 0.05) is 12.2 Å². The Morgan fingerprint density at radius 3 is 2.38 bits per heavy atom. The minimum absolute atomic E-state index is 0.0612. The van der Waals surface area contributed by atoms with E-state index in [2.05, 4.69) is 5.32 Å². The van der Waals surface area contributed by atoms with Gasteiger partial charge in [0.2, 0.25) is 5.91 Å². The number of carbonyl (C=O) groups excluding carboxylic acids is 1. The minimum Gasteiger partial charge on any atom is -0.481 e. The third-order valence-corrected chi connectivity index (χ3v) is 4.85. The summed E-state index contributed by atoms with van der Waals surface area (Å²) in [6, 6.07) is 6.18. The predicted octanol–water partition coefficient (Wildman–Crippen LogP) is 1.53. The lowest BCUT2D eigenvalue weighted by molar-refractivity contribution is -0.141. The van der Waals surface area contributed by atoms with Crippen molar-refractivity contribution in [1.82, 2.24) is 0 Å². The summed E-state index contributed by atoms with van der Waals surface area (Å²) in [6.45, 7) is 0. The van der Waals surface area contributed by atoms with Crippen LogP contribution in [0.1, 0.15) is 19.3 Å². The van der Waals surface area contributed by atoms with E-state index in [9.17, 15) is 18.0 Å². The molecule has 1 saturated carbocycles. The number of hydrogen-bond donors (Lipinski definition) is 2. The summed E-state index contributed by atoms with van der Waals surface area (Å²) >= 11 is 0. The minimum atomic E-state index is -3.44. The van der Waals surface area contributed by atoms with E-state index < -0.39 is 27.6 Å². The molecular formula is C14H17NO5S. The van der Waals surface area contributed by atoms with E-state index in [4.69, 9.17) is 5.11 Å². The van der Waals surface area contributed by atoms with Crippen LogP contribution in [0.2, 0.25) is 0 Å². The first kappa shape index (κ1) is 15.5. The third-order valence-electron chi connectivity index (χ3n) is 3.70. The van der Waals surface area contributed by atoms with Gasteiger partial charge in [0.1, 0.15) is 0 Å². The van der Waals surface area contributed by atoms with Gasteiger partial charge in [-0.25, -0.2) is 8.42 Å². The summed E-state index contributed by atoms with van der Waals surface area (Å²) in [5.74, 6) is -2.10. The van der Waals surface area contributed by atoms with Crippen molar-refractivity contribution in [3.63, 3.8) is 0 Å². The Morgan fingerprint density at radius 2 is 1.81 bits per heavy atom. The number of amides is 1. The van der Waals surface area contributed by atoms with Crippen molar-refractivity contribution < 1.29 is 23.1 Å². The molecule has 114 valence electrons. The number of hydrogen-bond acceptors (Lipinski definition) is 4. The number of carboxylic acid groups (broad SMARTS) is 1. The second-order valence-electron chi connectivity index (χ2n) is 5.30. The van der Waals surface area contributed by atoms with Gasteiger partial charge in [-0.1, -0.05) is 12.1 Å². The zero-order valence-electron chi connectivity index (χ0n) is 11.6. The number of rotatable bonds is 4. The molecule has 1 aliphatic carbocycles. The van der Waals surface area contributed by atoms with Gasteiger partial charge in [0.15, 0.2) is 9.84 Å². The molecule has 2 rings (SSSR count). The first-order valence-corrected chi connectivity index (χ1v) is 8.51. The van der Waals surface area contributed by atoms with Crippen LogP contribution in [0.3, 0.4) is 0 Å². The molecule has 21 heavy (non-hydrogen) atoms. The summed E-state index contributed by atoms with van der Waals surface area (Å²) in [4.78, 5) is 23.1. The molecule has 0 spiro atoms. The molecule has 2 atom stereocenters. The maximum absolute atomic E-state index is 12.2. The molecule has 2 N–H and O–H groups in total. The second-order valence-corrected chi connectivity index (χ2v) is 7.29. The monoisotopic (exact) mass is 311 g/mol. The van der Waals surface area contributed by atoms with Gasteiger partial charge in [-0.2, -0.15) is 0 Å². The Morgan fingerprint density at radius 1 is 1.19 bits per heavy atom. The van der Waals surface area contributed by atoms with Crippen LogP contribution < -0.4 is 5.32 Å². The van der Waals surface area contributed by atoms with Crippen molar-refractivity contribution in [2.24, 2.45) is 11.8 Å². The zero-order valence-corrected chi connectivity index (χ0v) is 12.4. The van der Waals surface area contributed by atoms with Gasteiger partial charge in [-0.05, 0) is 31.4 Å². The average Bonchev–Trinajstić information content (AvgIpc) is 2.88. The molecule has 0 heterocycles. The Bertz CT molecular complexity index is 668. The van der Waals surface area contributed by atoms with Crippen LogP contribution in [0.5, 0.6) is 0 Å². The normalized spacial score (nSPS) is 22.0. The molecule has 0 aliphatic heterocycles. The van der Waals surface area contributed by atoms with E-state index in [-0.39, 0.29) is 16.5 Å². The van der Waals surface area contributed by atoms with Crippen molar-refractivity contribution in [3.8, 4) is 0 Å². The van der Waals surface area contributed by atoms with Crippen LogP contribution in [-0.4, -0.2) is 31.7 Å². The van der Waals surface area contributed by atoms with E-state index in [1.807, 2.05) is 0 Å². The molecule has 6 nitrogen and oxygen atoms in total. The third kappa shape index (κ3) is 3.60. The lowest BCUT2D eigenvalue weighted by Crippen LogP contribution is -2.22. The molecule has 0 radical (unpaired) electrons. The molecule has 0 bridgehead atoms. The molecule has 1 aliphatic rings. The number of benzene rings is 1. The molecule has 0 unspecified atom stereocenters. The Hall–Kier alpha value is -1.89. The van der Waals surface area contributed by atoms with Crippen molar-refractivity contribution in [1.29, 1.82) is 0 Å². The van der Waals surface area contributed by atoms with Crippen LogP contribution in [0.25, 0.3) is 0 Å². The fraction of sp³-hybridized carbons (Fsp3) is 0.429. The maximum Gasteiger partial charge on any atom is 0.306 e. The van der Waals surface area contributed by atoms with E-state index in [0.717, 1.165) is 6.26 Å². The summed E-state index contributed by atoms with van der Waals surface area (Å²) in [5.41, 5.74) is 0.240. The van der Waals surface area contributed by atoms with Gasteiger partial charge < -0.3 is 10.4 Å². The number of anilines is 1. The summed E-state index contributed by atoms with van der Waals surface area (Å²) in [5, 5.41) is 11.5. The predicted molar refractivity (Wildman–Crippen MR) is 76.6 cm³/mol. The highest BCUT2D eigenvalue weighted by molar-refractivity contribution is 7.90. The number of aliphatic carboxylic acids is 1. The topological polar surface area (TPSA) is 101 Å². The Balaban J connectivity index is 2.13. The lowest BCUT2D eigenvalue weighted by Gasteiger charge is -2.13. The quantitative estimate of drug-likeness (QED) is 0.878. The maximum atomic E-state index is 12.2. The van der Waals surface area contributed by atoms with Crippen molar-refractivity contribution in [2.75, 3.05) is 11.6 Å². The van der Waals surface area contributed by atoms with Crippen LogP contribution in [0.15, 0.2) is 29.2 Å². The molecule has 7 heteroatoms. The average molecular weight is 311 g/mol. The Kier molecular flexibility index (Phi) is 4.32. The standard InChI is InChI=1S/C14H17NO5S/c1-21(19,20)12-5-3-2-4-11(12)15-13(16)9-6-7-10(8-9)14(17)18/h2-5,9-10H,6-8H2,1H3,(H,15,16)(H,17,18)/t9-,10+/m1/s1. The fourth-order valence-electron chi connectivity index (χ4n) is 2.57. The summed E-state index contributed by atoms with van der Waals surface area (Å²) in [7, 11) is -3.44. The SMILES string of the molecule is CS(=O)(=O)c1ccccc1NC(=O)[C@@H]1CC[C@H](C(=O)O)C1. The molecule has 1 amide bonds. The highest BCUT2D eigenvalue weighted by Crippen LogP contribution is 2.32. The first-order valence-electron chi connectivity index (χ1n) is 6.62. The first-order chi connectivity index (χ1) is 9.79. The summed E-state index contributed by atoms with van der Waals surface area (Å²) in [6.07, 6.45) is 2.35. The van der Waals surface area contributed by atoms with E-state index in [0.29, 0.717) is 19.3 Å². The van der Waals surface area contributed by atoms with Crippen LogP contribution in [0, 0.1) is 11.8 Å². The summed E-state index contributed by atoms with van der Waals surface area (Å²) < 4.78 is 23.3. The second kappa shape index (κ2) is 5.85. The highest BCUT2D eigenvalue weighted by Gasteiger charge is 2.34. The fourth-order valence-corrected chi connectivity index (χ4v) is 3.42. The largest absolute Gasteiger partial charge is 0.481 e.